The summed E-state index contributed by atoms with van der Waals surface area (Å²) in [5.41, 5.74) is 2.13. The first-order chi connectivity index (χ1) is 11.8. The van der Waals surface area contributed by atoms with E-state index in [0.717, 1.165) is 10.2 Å². The zero-order valence-electron chi connectivity index (χ0n) is 13.8. The molecule has 0 unspecified atom stereocenters. The molecule has 2 heterocycles. The molecule has 25 heavy (non-hydrogen) atoms. The van der Waals surface area contributed by atoms with E-state index in [1.807, 2.05) is 20.0 Å². The molecule has 2 aromatic heterocycles. The van der Waals surface area contributed by atoms with Gasteiger partial charge < -0.3 is 15.7 Å². The molecule has 1 amide bonds. The fourth-order valence-corrected chi connectivity index (χ4v) is 3.27. The van der Waals surface area contributed by atoms with Gasteiger partial charge in [0.25, 0.3) is 5.91 Å². The highest BCUT2D eigenvalue weighted by Gasteiger charge is 2.15. The van der Waals surface area contributed by atoms with Gasteiger partial charge in [-0.25, -0.2) is 4.98 Å². The van der Waals surface area contributed by atoms with Gasteiger partial charge in [-0.1, -0.05) is 17.4 Å². The number of halogens is 1. The lowest BCUT2D eigenvalue weighted by molar-refractivity contribution is 0.103. The predicted octanol–water partition coefficient (Wildman–Crippen LogP) is 3.96. The minimum atomic E-state index is -0.274. The number of anilines is 3. The Hall–Kier alpha value is -2.39. The molecule has 0 atom stereocenters. The maximum absolute atomic E-state index is 12.5. The molecule has 0 saturated carbocycles. The smallest absolute Gasteiger partial charge is 0.267 e. The molecule has 9 heteroatoms. The number of nitrogens with one attached hydrogen (secondary N) is 2. The van der Waals surface area contributed by atoms with Crippen LogP contribution in [0.1, 0.15) is 20.8 Å². The number of benzene rings is 1. The first-order valence-electron chi connectivity index (χ1n) is 7.38. The van der Waals surface area contributed by atoms with Crippen LogP contribution in [-0.2, 0) is 7.05 Å². The Morgan fingerprint density at radius 1 is 1.36 bits per heavy atom. The standard InChI is InChI=1S/C16H16BrN5O2S/c1-8-4-5-10(23)9(2)14(8)20-15(24)11-7-18-16(25-11)19-13-6-12(17)22(3)21-13/h4-7,23H,1-3H3,(H,20,24)(H,18,19,21). The summed E-state index contributed by atoms with van der Waals surface area (Å²) in [6, 6.07) is 5.19. The van der Waals surface area contributed by atoms with Gasteiger partial charge >= 0.3 is 0 Å². The van der Waals surface area contributed by atoms with E-state index in [-0.39, 0.29) is 11.7 Å². The average Bonchev–Trinajstić information content (AvgIpc) is 3.15. The first-order valence-corrected chi connectivity index (χ1v) is 8.99. The van der Waals surface area contributed by atoms with Crippen LogP contribution in [0.25, 0.3) is 0 Å². The lowest BCUT2D eigenvalue weighted by Crippen LogP contribution is -2.12. The minimum absolute atomic E-state index is 0.147. The molecule has 0 bridgehead atoms. The Morgan fingerprint density at radius 2 is 2.12 bits per heavy atom. The minimum Gasteiger partial charge on any atom is -0.508 e. The van der Waals surface area contributed by atoms with Gasteiger partial charge in [0.15, 0.2) is 10.9 Å². The van der Waals surface area contributed by atoms with E-state index in [2.05, 4.69) is 36.6 Å². The van der Waals surface area contributed by atoms with E-state index in [9.17, 15) is 9.90 Å². The summed E-state index contributed by atoms with van der Waals surface area (Å²) in [7, 11) is 1.82. The van der Waals surface area contributed by atoms with Crippen molar-refractivity contribution in [2.45, 2.75) is 13.8 Å². The van der Waals surface area contributed by atoms with Gasteiger partial charge in [0, 0.05) is 18.7 Å². The number of amides is 1. The molecule has 3 N–H and O–H groups in total. The monoisotopic (exact) mass is 421 g/mol. The van der Waals surface area contributed by atoms with Crippen molar-refractivity contribution in [2.75, 3.05) is 10.6 Å². The zero-order chi connectivity index (χ0) is 18.1. The second-order valence-corrected chi connectivity index (χ2v) is 7.33. The lowest BCUT2D eigenvalue weighted by Gasteiger charge is -2.11. The molecule has 0 aliphatic carbocycles. The molecule has 0 saturated heterocycles. The Labute approximate surface area is 156 Å². The Kier molecular flexibility index (Phi) is 4.78. The Bertz CT molecular complexity index is 931. The zero-order valence-corrected chi connectivity index (χ0v) is 16.2. The van der Waals surface area contributed by atoms with Crippen LogP contribution >= 0.6 is 27.3 Å². The SMILES string of the molecule is Cc1ccc(O)c(C)c1NC(=O)c1cnc(Nc2cc(Br)n(C)n2)s1. The van der Waals surface area contributed by atoms with Crippen molar-refractivity contribution in [3.8, 4) is 5.75 Å². The van der Waals surface area contributed by atoms with Crippen molar-refractivity contribution in [1.29, 1.82) is 0 Å². The highest BCUT2D eigenvalue weighted by Crippen LogP contribution is 2.29. The number of rotatable bonds is 4. The number of aromatic nitrogens is 3. The number of carbonyl (C=O) groups is 1. The number of nitrogens with zero attached hydrogens (tertiary/aromatic N) is 3. The van der Waals surface area contributed by atoms with Crippen LogP contribution in [-0.4, -0.2) is 25.8 Å². The van der Waals surface area contributed by atoms with Crippen molar-refractivity contribution >= 4 is 49.8 Å². The molecular weight excluding hydrogens is 406 g/mol. The van der Waals surface area contributed by atoms with Gasteiger partial charge in [-0.05, 0) is 41.4 Å². The van der Waals surface area contributed by atoms with E-state index >= 15 is 0 Å². The second-order valence-electron chi connectivity index (χ2n) is 5.49. The average molecular weight is 422 g/mol. The number of carbonyl (C=O) groups excluding carboxylic acids is 1. The van der Waals surface area contributed by atoms with Crippen LogP contribution < -0.4 is 10.6 Å². The van der Waals surface area contributed by atoms with Gasteiger partial charge in [0.05, 0.1) is 11.9 Å². The van der Waals surface area contributed by atoms with Crippen LogP contribution in [0.5, 0.6) is 5.75 Å². The maximum atomic E-state index is 12.5. The molecule has 0 aliphatic rings. The fraction of sp³-hybridized carbons (Fsp3) is 0.188. The number of phenols is 1. The number of hydrogen-bond donors (Lipinski definition) is 3. The van der Waals surface area contributed by atoms with E-state index in [4.69, 9.17) is 0 Å². The number of hydrogen-bond acceptors (Lipinski definition) is 6. The molecule has 0 spiro atoms. The van der Waals surface area contributed by atoms with Crippen LogP contribution in [0.15, 0.2) is 29.0 Å². The Morgan fingerprint density at radius 3 is 2.80 bits per heavy atom. The van der Waals surface area contributed by atoms with Crippen molar-refractivity contribution in [1.82, 2.24) is 14.8 Å². The molecule has 3 aromatic rings. The van der Waals surface area contributed by atoms with Gasteiger partial charge in [0.2, 0.25) is 0 Å². The van der Waals surface area contributed by atoms with Gasteiger partial charge in [-0.3, -0.25) is 9.48 Å². The van der Waals surface area contributed by atoms with Crippen LogP contribution in [0.3, 0.4) is 0 Å². The first kappa shape index (κ1) is 17.4. The van der Waals surface area contributed by atoms with Crippen LogP contribution in [0.4, 0.5) is 16.6 Å². The van der Waals surface area contributed by atoms with Crippen molar-refractivity contribution < 1.29 is 9.90 Å². The second kappa shape index (κ2) is 6.85. The summed E-state index contributed by atoms with van der Waals surface area (Å²) < 4.78 is 2.51. The summed E-state index contributed by atoms with van der Waals surface area (Å²) in [6.07, 6.45) is 1.51. The molecule has 1 aromatic carbocycles. The number of thiazole rings is 1. The highest BCUT2D eigenvalue weighted by atomic mass is 79.9. The van der Waals surface area contributed by atoms with E-state index in [1.165, 1.54) is 17.5 Å². The topological polar surface area (TPSA) is 92.1 Å². The number of aryl methyl sites for hydroxylation is 2. The largest absolute Gasteiger partial charge is 0.508 e. The van der Waals surface area contributed by atoms with Crippen LogP contribution in [0.2, 0.25) is 0 Å². The molecular formula is C16H16BrN5O2S. The summed E-state index contributed by atoms with van der Waals surface area (Å²) in [5.74, 6) is 0.508. The predicted molar refractivity (Wildman–Crippen MR) is 102 cm³/mol. The normalized spacial score (nSPS) is 10.7. The number of aromatic hydroxyl groups is 1. The van der Waals surface area contributed by atoms with Gasteiger partial charge in [0.1, 0.15) is 15.2 Å². The van der Waals surface area contributed by atoms with Gasteiger partial charge in [-0.2, -0.15) is 5.10 Å². The maximum Gasteiger partial charge on any atom is 0.267 e. The summed E-state index contributed by atoms with van der Waals surface area (Å²) in [6.45, 7) is 3.64. The Balaban J connectivity index is 1.76. The van der Waals surface area contributed by atoms with Crippen molar-refractivity contribution in [3.05, 3.63) is 45.0 Å². The van der Waals surface area contributed by atoms with Crippen LogP contribution in [0, 0.1) is 13.8 Å². The molecule has 0 radical (unpaired) electrons. The molecule has 3 rings (SSSR count). The summed E-state index contributed by atoms with van der Waals surface area (Å²) in [4.78, 5) is 17.1. The van der Waals surface area contributed by atoms with E-state index < -0.39 is 0 Å². The fourth-order valence-electron chi connectivity index (χ4n) is 2.26. The van der Waals surface area contributed by atoms with E-state index in [0.29, 0.717) is 27.1 Å². The summed E-state index contributed by atoms with van der Waals surface area (Å²) in [5, 5.41) is 20.5. The van der Waals surface area contributed by atoms with Crippen molar-refractivity contribution in [2.24, 2.45) is 7.05 Å². The molecule has 0 aliphatic heterocycles. The molecule has 7 nitrogen and oxygen atoms in total. The number of phenolic OH excluding ortho intramolecular Hbond substituents is 1. The lowest BCUT2D eigenvalue weighted by atomic mass is 10.1. The van der Waals surface area contributed by atoms with Gasteiger partial charge in [-0.15, -0.1) is 0 Å². The van der Waals surface area contributed by atoms with E-state index in [1.54, 1.807) is 23.7 Å². The van der Waals surface area contributed by atoms with Crippen molar-refractivity contribution in [3.63, 3.8) is 0 Å². The third kappa shape index (κ3) is 3.67. The third-order valence-electron chi connectivity index (χ3n) is 3.67. The highest BCUT2D eigenvalue weighted by molar-refractivity contribution is 9.10. The quantitative estimate of drug-likeness (QED) is 0.592. The molecule has 130 valence electrons. The summed E-state index contributed by atoms with van der Waals surface area (Å²) >= 11 is 4.60. The third-order valence-corrected chi connectivity index (χ3v) is 5.32. The molecule has 0 fully saturated rings.